The zero-order valence-corrected chi connectivity index (χ0v) is 8.85. The molecular weight excluding hydrogens is 148 g/mol. The van der Waals surface area contributed by atoms with Gasteiger partial charge in [0.25, 0.3) is 0 Å². The minimum atomic E-state index is -0.247. The van der Waals surface area contributed by atoms with E-state index in [0.29, 0.717) is 5.92 Å². The summed E-state index contributed by atoms with van der Waals surface area (Å²) >= 11 is 0. The average molecular weight is 168 g/mol. The van der Waals surface area contributed by atoms with Gasteiger partial charge < -0.3 is 0 Å². The highest BCUT2D eigenvalue weighted by Gasteiger charge is 2.26. The van der Waals surface area contributed by atoms with Crippen LogP contribution in [0.15, 0.2) is 12.2 Å². The Morgan fingerprint density at radius 1 is 1.50 bits per heavy atom. The van der Waals surface area contributed by atoms with Gasteiger partial charge in [-0.2, -0.15) is 0 Å². The van der Waals surface area contributed by atoms with Crippen molar-refractivity contribution in [2.24, 2.45) is 11.3 Å². The van der Waals surface area contributed by atoms with Crippen molar-refractivity contribution in [1.82, 2.24) is 0 Å². The maximum Gasteiger partial charge on any atom is 0.139 e. The van der Waals surface area contributed by atoms with Crippen molar-refractivity contribution in [3.8, 4) is 0 Å². The predicted molar refractivity (Wildman–Crippen MR) is 53.1 cm³/mol. The summed E-state index contributed by atoms with van der Waals surface area (Å²) in [6, 6.07) is 0. The lowest BCUT2D eigenvalue weighted by atomic mass is 9.78. The molecule has 0 radical (unpaired) electrons. The topological polar surface area (TPSA) is 17.1 Å². The highest BCUT2D eigenvalue weighted by Crippen LogP contribution is 2.28. The van der Waals surface area contributed by atoms with E-state index in [0.717, 1.165) is 6.42 Å². The Kier molecular flexibility index (Phi) is 4.22. The molecule has 0 rings (SSSR count). The number of carbonyl (C=O) groups excluding carboxylic acids is 1. The molecule has 0 aromatic heterocycles. The summed E-state index contributed by atoms with van der Waals surface area (Å²) in [4.78, 5) is 11.3. The van der Waals surface area contributed by atoms with Crippen LogP contribution in [0.3, 0.4) is 0 Å². The Bertz CT molecular complexity index is 179. The molecule has 0 fully saturated rings. The molecule has 0 aromatic carbocycles. The van der Waals surface area contributed by atoms with Crippen molar-refractivity contribution in [3.05, 3.63) is 12.2 Å². The Hall–Kier alpha value is -0.590. The third-order valence-corrected chi connectivity index (χ3v) is 2.17. The van der Waals surface area contributed by atoms with Crippen molar-refractivity contribution in [2.75, 3.05) is 0 Å². The molecule has 0 N–H and O–H groups in total. The summed E-state index contributed by atoms with van der Waals surface area (Å²) in [5.74, 6) is 0.824. The summed E-state index contributed by atoms with van der Waals surface area (Å²) in [5.41, 5.74) is -0.247. The fourth-order valence-electron chi connectivity index (χ4n) is 1.55. The van der Waals surface area contributed by atoms with Crippen LogP contribution < -0.4 is 0 Å². The first-order chi connectivity index (χ1) is 5.42. The average Bonchev–Trinajstić information content (AvgIpc) is 1.85. The summed E-state index contributed by atoms with van der Waals surface area (Å²) in [6.45, 7) is 9.93. The normalized spacial score (nSPS) is 16.8. The molecule has 0 aromatic rings. The van der Waals surface area contributed by atoms with Crippen LogP contribution in [0.1, 0.15) is 41.0 Å². The van der Waals surface area contributed by atoms with E-state index < -0.39 is 0 Å². The van der Waals surface area contributed by atoms with Crippen molar-refractivity contribution in [3.63, 3.8) is 0 Å². The molecular formula is C11H20O. The summed E-state index contributed by atoms with van der Waals surface area (Å²) in [7, 11) is 0. The number of carbonyl (C=O) groups is 1. The number of hydrogen-bond donors (Lipinski definition) is 0. The van der Waals surface area contributed by atoms with Crippen LogP contribution in [-0.2, 0) is 4.79 Å². The van der Waals surface area contributed by atoms with E-state index in [9.17, 15) is 4.79 Å². The van der Waals surface area contributed by atoms with Crippen LogP contribution in [0.25, 0.3) is 0 Å². The van der Waals surface area contributed by atoms with Gasteiger partial charge in [0.2, 0.25) is 0 Å². The van der Waals surface area contributed by atoms with Gasteiger partial charge in [0.05, 0.1) is 0 Å². The SMILES string of the molecule is CC=CC(C)(CC(C)C)C(C)=O. The number of hydrogen-bond acceptors (Lipinski definition) is 1. The largest absolute Gasteiger partial charge is 0.299 e. The Morgan fingerprint density at radius 2 is 2.00 bits per heavy atom. The van der Waals surface area contributed by atoms with Crippen LogP contribution in [0.2, 0.25) is 0 Å². The third-order valence-electron chi connectivity index (χ3n) is 2.17. The molecule has 1 atom stereocenters. The van der Waals surface area contributed by atoms with E-state index in [4.69, 9.17) is 0 Å². The van der Waals surface area contributed by atoms with E-state index in [-0.39, 0.29) is 11.2 Å². The number of ketones is 1. The van der Waals surface area contributed by atoms with Crippen LogP contribution in [0.5, 0.6) is 0 Å². The molecule has 0 aliphatic heterocycles. The van der Waals surface area contributed by atoms with Crippen LogP contribution >= 0.6 is 0 Å². The fraction of sp³-hybridized carbons (Fsp3) is 0.727. The third kappa shape index (κ3) is 3.21. The molecule has 0 saturated heterocycles. The van der Waals surface area contributed by atoms with E-state index in [1.54, 1.807) is 6.92 Å². The molecule has 0 aliphatic carbocycles. The van der Waals surface area contributed by atoms with Gasteiger partial charge in [-0.25, -0.2) is 0 Å². The molecule has 0 bridgehead atoms. The molecule has 0 spiro atoms. The van der Waals surface area contributed by atoms with Crippen molar-refractivity contribution in [1.29, 1.82) is 0 Å². The van der Waals surface area contributed by atoms with Gasteiger partial charge in [-0.1, -0.05) is 26.0 Å². The van der Waals surface area contributed by atoms with Crippen molar-refractivity contribution >= 4 is 5.78 Å². The fourth-order valence-corrected chi connectivity index (χ4v) is 1.55. The van der Waals surface area contributed by atoms with E-state index in [1.807, 2.05) is 26.0 Å². The minimum Gasteiger partial charge on any atom is -0.299 e. The molecule has 12 heavy (non-hydrogen) atoms. The maximum absolute atomic E-state index is 11.3. The highest BCUT2D eigenvalue weighted by atomic mass is 16.1. The first-order valence-corrected chi connectivity index (χ1v) is 4.57. The van der Waals surface area contributed by atoms with Gasteiger partial charge in [0.1, 0.15) is 5.78 Å². The second-order valence-corrected chi connectivity index (χ2v) is 4.07. The van der Waals surface area contributed by atoms with Crippen LogP contribution in [-0.4, -0.2) is 5.78 Å². The van der Waals surface area contributed by atoms with Gasteiger partial charge in [0, 0.05) is 5.41 Å². The molecule has 0 aliphatic rings. The Morgan fingerprint density at radius 3 is 2.25 bits per heavy atom. The van der Waals surface area contributed by atoms with E-state index in [1.165, 1.54) is 0 Å². The molecule has 1 heteroatoms. The van der Waals surface area contributed by atoms with Crippen molar-refractivity contribution < 1.29 is 4.79 Å². The smallest absolute Gasteiger partial charge is 0.139 e. The standard InChI is InChI=1S/C11H20O/c1-6-7-11(5,10(4)12)8-9(2)3/h6-7,9H,8H2,1-5H3. The summed E-state index contributed by atoms with van der Waals surface area (Å²) < 4.78 is 0. The molecule has 0 saturated carbocycles. The molecule has 0 heterocycles. The highest BCUT2D eigenvalue weighted by molar-refractivity contribution is 5.83. The minimum absolute atomic E-state index is 0.247. The first kappa shape index (κ1) is 11.4. The lowest BCUT2D eigenvalue weighted by Crippen LogP contribution is -2.24. The quantitative estimate of drug-likeness (QED) is 0.589. The van der Waals surface area contributed by atoms with Crippen LogP contribution in [0.4, 0.5) is 0 Å². The summed E-state index contributed by atoms with van der Waals surface area (Å²) in [6.07, 6.45) is 4.91. The maximum atomic E-state index is 11.3. The zero-order valence-electron chi connectivity index (χ0n) is 8.85. The second-order valence-electron chi connectivity index (χ2n) is 4.07. The van der Waals surface area contributed by atoms with Crippen LogP contribution in [0, 0.1) is 11.3 Å². The molecule has 0 amide bonds. The lowest BCUT2D eigenvalue weighted by Gasteiger charge is -2.24. The predicted octanol–water partition coefficient (Wildman–Crippen LogP) is 3.20. The lowest BCUT2D eigenvalue weighted by molar-refractivity contribution is -0.124. The Labute approximate surface area is 75.9 Å². The van der Waals surface area contributed by atoms with Gasteiger partial charge in [-0.05, 0) is 33.1 Å². The second kappa shape index (κ2) is 4.44. The van der Waals surface area contributed by atoms with E-state index >= 15 is 0 Å². The zero-order chi connectivity index (χ0) is 9.78. The van der Waals surface area contributed by atoms with Gasteiger partial charge in [0.15, 0.2) is 0 Å². The number of Topliss-reactive ketones (excluding diaryl/α,β-unsaturated/α-hetero) is 1. The Balaban J connectivity index is 4.50. The molecule has 1 nitrogen and oxygen atoms in total. The molecule has 1 unspecified atom stereocenters. The first-order valence-electron chi connectivity index (χ1n) is 4.57. The van der Waals surface area contributed by atoms with Gasteiger partial charge >= 0.3 is 0 Å². The molecule has 70 valence electrons. The van der Waals surface area contributed by atoms with Gasteiger partial charge in [-0.3, -0.25) is 4.79 Å². The van der Waals surface area contributed by atoms with Crippen molar-refractivity contribution in [2.45, 2.75) is 41.0 Å². The number of rotatable bonds is 4. The van der Waals surface area contributed by atoms with Gasteiger partial charge in [-0.15, -0.1) is 0 Å². The number of allylic oxidation sites excluding steroid dienone is 2. The summed E-state index contributed by atoms with van der Waals surface area (Å²) in [5, 5.41) is 0. The monoisotopic (exact) mass is 168 g/mol. The van der Waals surface area contributed by atoms with E-state index in [2.05, 4.69) is 13.8 Å².